The van der Waals surface area contributed by atoms with Gasteiger partial charge in [-0.15, -0.1) is 0 Å². The average Bonchev–Trinajstić information content (AvgIpc) is 2.60. The molecule has 0 aromatic heterocycles. The molecule has 0 aromatic carbocycles. The Morgan fingerprint density at radius 3 is 1.92 bits per heavy atom. The van der Waals surface area contributed by atoms with Crippen LogP contribution in [-0.2, 0) is 19.2 Å². The Morgan fingerprint density at radius 1 is 0.880 bits per heavy atom. The molecule has 0 saturated carbocycles. The number of nitrogens with one attached hydrogen (secondary N) is 2. The van der Waals surface area contributed by atoms with Crippen LogP contribution in [0.3, 0.4) is 0 Å². The number of likely N-dealkylation sites (N-methyl/N-ethyl adjacent to an activating group) is 2. The average molecular weight is 352 g/mol. The largest absolute Gasteiger partial charge is 0.336 e. The molecule has 0 aliphatic carbocycles. The Hall–Kier alpha value is -1.67. The van der Waals surface area contributed by atoms with E-state index >= 15 is 0 Å². The first-order chi connectivity index (χ1) is 11.9. The number of amides is 2. The molecule has 2 N–H and O–H groups in total. The van der Waals surface area contributed by atoms with Crippen LogP contribution in [0, 0.1) is 0 Å². The number of nitrogens with zero attached hydrogens (tertiary/aromatic N) is 2. The molecule has 0 heterocycles. The molecule has 0 unspecified atom stereocenters. The van der Waals surface area contributed by atoms with Crippen molar-refractivity contribution < 1.29 is 19.2 Å². The van der Waals surface area contributed by atoms with Crippen molar-refractivity contribution in [1.82, 2.24) is 20.4 Å². The standard InChI is InChI=1S/C15H30B2N4O4/c1-3-20(14(24)6-16)10-13(23)9-19-4-5-21(15(25)7-17)11-12(22)8-18-2/h18-19H,3-11,16-17H2,1-2H3. The fourth-order valence-electron chi connectivity index (χ4n) is 2.29. The van der Waals surface area contributed by atoms with Gasteiger partial charge in [-0.1, -0.05) is 0 Å². The van der Waals surface area contributed by atoms with E-state index < -0.39 is 0 Å². The normalized spacial score (nSPS) is 10.3. The zero-order chi connectivity index (χ0) is 19.2. The Bertz CT molecular complexity index is 463. The maximum atomic E-state index is 11.9. The topological polar surface area (TPSA) is 98.8 Å². The van der Waals surface area contributed by atoms with E-state index in [2.05, 4.69) is 10.6 Å². The molecule has 0 bridgehead atoms. The summed E-state index contributed by atoms with van der Waals surface area (Å²) < 4.78 is 0. The van der Waals surface area contributed by atoms with Crippen LogP contribution in [-0.4, -0.2) is 102 Å². The summed E-state index contributed by atoms with van der Waals surface area (Å²) in [5.74, 6) is -0.276. The van der Waals surface area contributed by atoms with Gasteiger partial charge in [-0.05, 0) is 26.6 Å². The predicted molar refractivity (Wildman–Crippen MR) is 102 cm³/mol. The van der Waals surface area contributed by atoms with Crippen LogP contribution >= 0.6 is 0 Å². The maximum absolute atomic E-state index is 11.9. The number of rotatable bonds is 14. The van der Waals surface area contributed by atoms with Crippen LogP contribution < -0.4 is 10.6 Å². The van der Waals surface area contributed by atoms with E-state index in [1.165, 1.54) is 9.80 Å². The second-order valence-corrected chi connectivity index (χ2v) is 5.71. The fraction of sp³-hybridized carbons (Fsp3) is 0.733. The summed E-state index contributed by atoms with van der Waals surface area (Å²) in [7, 11) is 5.20. The van der Waals surface area contributed by atoms with Crippen molar-refractivity contribution in [2.24, 2.45) is 0 Å². The molecule has 0 radical (unpaired) electrons. The third-order valence-electron chi connectivity index (χ3n) is 3.68. The van der Waals surface area contributed by atoms with Gasteiger partial charge in [0.05, 0.1) is 26.2 Å². The minimum atomic E-state index is -0.0942. The summed E-state index contributed by atoms with van der Waals surface area (Å²) in [6, 6.07) is 0. The van der Waals surface area contributed by atoms with Crippen LogP contribution in [0.4, 0.5) is 0 Å². The van der Waals surface area contributed by atoms with E-state index in [-0.39, 0.29) is 49.6 Å². The van der Waals surface area contributed by atoms with Crippen LogP contribution in [0.25, 0.3) is 0 Å². The Balaban J connectivity index is 4.27. The maximum Gasteiger partial charge on any atom is 0.215 e. The molecule has 140 valence electrons. The van der Waals surface area contributed by atoms with Crippen molar-refractivity contribution in [2.45, 2.75) is 19.6 Å². The van der Waals surface area contributed by atoms with Crippen molar-refractivity contribution in [2.75, 3.05) is 52.9 Å². The van der Waals surface area contributed by atoms with Gasteiger partial charge in [0.15, 0.2) is 11.6 Å². The van der Waals surface area contributed by atoms with E-state index in [4.69, 9.17) is 0 Å². The monoisotopic (exact) mass is 352 g/mol. The summed E-state index contributed by atoms with van der Waals surface area (Å²) >= 11 is 0. The minimum absolute atomic E-state index is 0.0430. The predicted octanol–water partition coefficient (Wildman–Crippen LogP) is -3.29. The molecule has 0 saturated heterocycles. The minimum Gasteiger partial charge on any atom is -0.336 e. The first-order valence-electron chi connectivity index (χ1n) is 8.83. The Labute approximate surface area is 151 Å². The summed E-state index contributed by atoms with van der Waals surface area (Å²) in [5.41, 5.74) is 0. The highest BCUT2D eigenvalue weighted by Gasteiger charge is 2.16. The van der Waals surface area contributed by atoms with Crippen LogP contribution in [0.1, 0.15) is 6.92 Å². The van der Waals surface area contributed by atoms with Gasteiger partial charge >= 0.3 is 0 Å². The molecule has 0 aliphatic rings. The Kier molecular flexibility index (Phi) is 12.7. The van der Waals surface area contributed by atoms with E-state index in [9.17, 15) is 19.2 Å². The van der Waals surface area contributed by atoms with Crippen LogP contribution in [0.5, 0.6) is 0 Å². The molecule has 25 heavy (non-hydrogen) atoms. The number of hydrogen-bond acceptors (Lipinski definition) is 6. The second-order valence-electron chi connectivity index (χ2n) is 5.71. The number of hydrogen-bond donors (Lipinski definition) is 2. The van der Waals surface area contributed by atoms with Gasteiger partial charge in [0.2, 0.25) is 11.8 Å². The molecule has 0 aromatic rings. The second kappa shape index (κ2) is 13.6. The lowest BCUT2D eigenvalue weighted by molar-refractivity contribution is -0.133. The van der Waals surface area contributed by atoms with Crippen molar-refractivity contribution >= 4 is 39.1 Å². The highest BCUT2D eigenvalue weighted by atomic mass is 16.2. The van der Waals surface area contributed by atoms with E-state index in [0.717, 1.165) is 0 Å². The fourth-order valence-corrected chi connectivity index (χ4v) is 2.29. The highest BCUT2D eigenvalue weighted by molar-refractivity contribution is 6.20. The van der Waals surface area contributed by atoms with Gasteiger partial charge in [-0.25, -0.2) is 0 Å². The van der Waals surface area contributed by atoms with Gasteiger partial charge in [-0.3, -0.25) is 19.2 Å². The summed E-state index contributed by atoms with van der Waals surface area (Å²) in [5, 5.41) is 5.75. The van der Waals surface area contributed by atoms with Crippen LogP contribution in [0.2, 0.25) is 12.6 Å². The van der Waals surface area contributed by atoms with Crippen molar-refractivity contribution in [3.8, 4) is 0 Å². The summed E-state index contributed by atoms with van der Waals surface area (Å²) in [6.45, 7) is 3.63. The molecule has 0 spiro atoms. The van der Waals surface area contributed by atoms with Gasteiger partial charge < -0.3 is 20.4 Å². The lowest BCUT2D eigenvalue weighted by atomic mass is 10.0. The molecule has 0 rings (SSSR count). The Morgan fingerprint density at radius 2 is 1.40 bits per heavy atom. The first kappa shape index (κ1) is 23.3. The van der Waals surface area contributed by atoms with E-state index in [1.54, 1.807) is 22.7 Å². The lowest BCUT2D eigenvalue weighted by Crippen LogP contribution is -2.43. The van der Waals surface area contributed by atoms with Gasteiger partial charge in [0.1, 0.15) is 15.7 Å². The quantitative estimate of drug-likeness (QED) is 0.251. The zero-order valence-electron chi connectivity index (χ0n) is 15.9. The summed E-state index contributed by atoms with van der Waals surface area (Å²) in [4.78, 5) is 50.2. The highest BCUT2D eigenvalue weighted by Crippen LogP contribution is 1.95. The van der Waals surface area contributed by atoms with E-state index in [1.807, 2.05) is 6.92 Å². The number of carbonyl (C=O) groups is 4. The SMILES string of the molecule is BCC(=O)N(CC)CC(=O)CNCCN(CC(=O)CNC)C(=O)CB. The molecule has 0 aliphatic heterocycles. The molecule has 10 heteroatoms. The third-order valence-corrected chi connectivity index (χ3v) is 3.68. The van der Waals surface area contributed by atoms with Crippen molar-refractivity contribution in [3.63, 3.8) is 0 Å². The molecule has 0 fully saturated rings. The zero-order valence-corrected chi connectivity index (χ0v) is 15.9. The van der Waals surface area contributed by atoms with Gasteiger partial charge in [-0.2, -0.15) is 0 Å². The summed E-state index contributed by atoms with van der Waals surface area (Å²) in [6.07, 6.45) is 0.708. The molecular formula is C15H30B2N4O4. The number of Topliss-reactive ketones (excluding diaryl/α,β-unsaturated/α-hetero) is 2. The first-order valence-corrected chi connectivity index (χ1v) is 8.83. The molecular weight excluding hydrogens is 322 g/mol. The van der Waals surface area contributed by atoms with Crippen molar-refractivity contribution in [1.29, 1.82) is 0 Å². The smallest absolute Gasteiger partial charge is 0.215 e. The number of ketones is 2. The van der Waals surface area contributed by atoms with Crippen molar-refractivity contribution in [3.05, 3.63) is 0 Å². The lowest BCUT2D eigenvalue weighted by Gasteiger charge is -2.22. The molecule has 8 nitrogen and oxygen atoms in total. The van der Waals surface area contributed by atoms with Gasteiger partial charge in [0.25, 0.3) is 0 Å². The third kappa shape index (κ3) is 10.0. The van der Waals surface area contributed by atoms with Gasteiger partial charge in [0, 0.05) is 19.6 Å². The van der Waals surface area contributed by atoms with Crippen LogP contribution in [0.15, 0.2) is 0 Å². The number of carbonyl (C=O) groups excluding carboxylic acids is 4. The van der Waals surface area contributed by atoms with E-state index in [0.29, 0.717) is 32.3 Å². The molecule has 2 amide bonds. The molecule has 0 atom stereocenters.